The van der Waals surface area contributed by atoms with E-state index < -0.39 is 6.10 Å². The minimum Gasteiger partial charge on any atom is -0.491 e. The van der Waals surface area contributed by atoms with E-state index in [1.807, 2.05) is 58.0 Å². The van der Waals surface area contributed by atoms with Crippen LogP contribution in [-0.2, 0) is 19.1 Å². The molecule has 2 aromatic carbocycles. The zero-order valence-electron chi connectivity index (χ0n) is 30.5. The molecule has 51 heavy (non-hydrogen) atoms. The summed E-state index contributed by atoms with van der Waals surface area (Å²) in [6.45, 7) is 11.8. The van der Waals surface area contributed by atoms with Crippen LogP contribution in [0, 0.1) is 23.1 Å². The Bertz CT molecular complexity index is 1570. The minimum atomic E-state index is -0.433. The third-order valence-electron chi connectivity index (χ3n) is 10.2. The number of carbonyl (C=O) groups excluding carboxylic acids is 2. The van der Waals surface area contributed by atoms with Crippen molar-refractivity contribution in [2.45, 2.75) is 77.9 Å². The first-order valence-electron chi connectivity index (χ1n) is 18.4. The van der Waals surface area contributed by atoms with Gasteiger partial charge in [-0.15, -0.1) is 0 Å². The molecule has 2 amide bonds. The molecule has 0 spiro atoms. The van der Waals surface area contributed by atoms with E-state index in [1.54, 1.807) is 23.2 Å². The summed E-state index contributed by atoms with van der Waals surface area (Å²) in [5, 5.41) is 17.1. The maximum Gasteiger partial charge on any atom is 0.240 e. The fraction of sp³-hybridized carbons (Fsp3) is 0.575. The number of benzene rings is 2. The number of anilines is 1. The Kier molecular flexibility index (Phi) is 13.8. The highest BCUT2D eigenvalue weighted by Gasteiger charge is 2.36. The van der Waals surface area contributed by atoms with Crippen molar-refractivity contribution in [1.82, 2.24) is 15.2 Å². The van der Waals surface area contributed by atoms with Crippen LogP contribution < -0.4 is 15.4 Å². The number of aromatic nitrogens is 1. The van der Waals surface area contributed by atoms with E-state index in [1.165, 1.54) is 6.07 Å². The standard InChI is InChI=1S/C40H55FN4O6/c1-27(28-5-7-29(8-6-28)34-15-17-42-36-14-9-30(41)25-35(34)36)38(47)44-31-10-12-33(13-11-31)51-24-23-50-22-21-49-20-18-43-37(40(2,3)4)39(48)45-19-16-32(46)26-45/h9-15,17,25,27-29,32,37,43,46H,5-8,16,18-24,26H2,1-4H3,(H,44,47)/t27-,28?,29?,32-,37-/m1/s1. The molecule has 2 fully saturated rings. The summed E-state index contributed by atoms with van der Waals surface area (Å²) in [7, 11) is 0. The SMILES string of the molecule is C[C@@H](C(=O)Nc1ccc(OCCOCCOCCN[C@H](C(=O)N2CC[C@@H](O)C2)C(C)(C)C)cc1)C1CCC(c2ccnc3ccc(F)cc23)CC1. The number of aliphatic hydroxyl groups excluding tert-OH is 1. The molecule has 278 valence electrons. The smallest absolute Gasteiger partial charge is 0.240 e. The Balaban J connectivity index is 0.929. The molecule has 5 rings (SSSR count). The van der Waals surface area contributed by atoms with Crippen LogP contribution in [0.2, 0.25) is 0 Å². The number of pyridine rings is 1. The summed E-state index contributed by atoms with van der Waals surface area (Å²) < 4.78 is 31.1. The van der Waals surface area contributed by atoms with E-state index >= 15 is 0 Å². The van der Waals surface area contributed by atoms with Gasteiger partial charge in [0.2, 0.25) is 11.8 Å². The Morgan fingerprint density at radius 1 is 0.961 bits per heavy atom. The van der Waals surface area contributed by atoms with Crippen molar-refractivity contribution in [3.63, 3.8) is 0 Å². The van der Waals surface area contributed by atoms with Gasteiger partial charge in [-0.05, 0) is 103 Å². The van der Waals surface area contributed by atoms with E-state index in [0.29, 0.717) is 76.7 Å². The number of ether oxygens (including phenoxy) is 3. The highest BCUT2D eigenvalue weighted by Crippen LogP contribution is 2.41. The van der Waals surface area contributed by atoms with Gasteiger partial charge in [0.05, 0.1) is 44.1 Å². The average molecular weight is 707 g/mol. The predicted molar refractivity (Wildman–Crippen MR) is 196 cm³/mol. The van der Waals surface area contributed by atoms with Crippen LogP contribution in [-0.4, -0.2) is 91.6 Å². The van der Waals surface area contributed by atoms with Crippen molar-refractivity contribution < 1.29 is 33.3 Å². The summed E-state index contributed by atoms with van der Waals surface area (Å²) in [5.41, 5.74) is 2.44. The molecular formula is C40H55FN4O6. The lowest BCUT2D eigenvalue weighted by Crippen LogP contribution is -2.53. The van der Waals surface area contributed by atoms with Crippen LogP contribution in [0.1, 0.15) is 71.3 Å². The number of aliphatic hydroxyl groups is 1. The van der Waals surface area contributed by atoms with Gasteiger partial charge in [-0.1, -0.05) is 27.7 Å². The molecule has 0 unspecified atom stereocenters. The van der Waals surface area contributed by atoms with Crippen molar-refractivity contribution in [3.8, 4) is 5.75 Å². The Morgan fingerprint density at radius 2 is 1.67 bits per heavy atom. The number of nitrogens with zero attached hydrogens (tertiary/aromatic N) is 2. The molecule has 1 aliphatic carbocycles. The van der Waals surface area contributed by atoms with Crippen molar-refractivity contribution in [1.29, 1.82) is 0 Å². The zero-order chi connectivity index (χ0) is 36.4. The first kappa shape index (κ1) is 38.6. The number of amides is 2. The summed E-state index contributed by atoms with van der Waals surface area (Å²) in [4.78, 5) is 32.2. The van der Waals surface area contributed by atoms with E-state index in [2.05, 4.69) is 15.6 Å². The van der Waals surface area contributed by atoms with Crippen LogP contribution in [0.25, 0.3) is 10.9 Å². The van der Waals surface area contributed by atoms with Crippen LogP contribution in [0.4, 0.5) is 10.1 Å². The molecule has 2 aliphatic rings. The number of fused-ring (bicyclic) bond motifs is 1. The number of likely N-dealkylation sites (tertiary alicyclic amines) is 1. The molecule has 2 heterocycles. The number of carbonyl (C=O) groups is 2. The second-order valence-electron chi connectivity index (χ2n) is 15.0. The molecular weight excluding hydrogens is 651 g/mol. The van der Waals surface area contributed by atoms with E-state index in [9.17, 15) is 19.1 Å². The molecule has 1 saturated carbocycles. The van der Waals surface area contributed by atoms with Crippen LogP contribution >= 0.6 is 0 Å². The van der Waals surface area contributed by atoms with Gasteiger partial charge in [-0.25, -0.2) is 4.39 Å². The fourth-order valence-corrected chi connectivity index (χ4v) is 7.23. The molecule has 1 saturated heterocycles. The lowest BCUT2D eigenvalue weighted by molar-refractivity contribution is -0.135. The van der Waals surface area contributed by atoms with Crippen LogP contribution in [0.5, 0.6) is 5.75 Å². The van der Waals surface area contributed by atoms with Gasteiger partial charge in [-0.3, -0.25) is 14.6 Å². The quantitative estimate of drug-likeness (QED) is 0.157. The van der Waals surface area contributed by atoms with Crippen molar-refractivity contribution >= 4 is 28.4 Å². The van der Waals surface area contributed by atoms with E-state index in [0.717, 1.165) is 47.8 Å². The number of rotatable bonds is 16. The summed E-state index contributed by atoms with van der Waals surface area (Å²) in [5.74, 6) is 1.00. The largest absolute Gasteiger partial charge is 0.491 e. The molecule has 3 aromatic rings. The summed E-state index contributed by atoms with van der Waals surface area (Å²) >= 11 is 0. The fourth-order valence-electron chi connectivity index (χ4n) is 7.23. The van der Waals surface area contributed by atoms with Gasteiger partial charge in [0.15, 0.2) is 0 Å². The first-order valence-corrected chi connectivity index (χ1v) is 18.4. The minimum absolute atomic E-state index is 0.0141. The number of nitrogens with one attached hydrogen (secondary N) is 2. The number of halogens is 1. The maximum atomic E-state index is 14.0. The van der Waals surface area contributed by atoms with Gasteiger partial charge < -0.3 is 34.9 Å². The van der Waals surface area contributed by atoms with Crippen molar-refractivity contribution in [2.24, 2.45) is 17.3 Å². The molecule has 3 atom stereocenters. The molecule has 0 bridgehead atoms. The Hall–Kier alpha value is -3.64. The number of hydrogen-bond acceptors (Lipinski definition) is 8. The Labute approximate surface area is 301 Å². The van der Waals surface area contributed by atoms with Gasteiger partial charge in [0.1, 0.15) is 18.2 Å². The molecule has 3 N–H and O–H groups in total. The summed E-state index contributed by atoms with van der Waals surface area (Å²) in [6, 6.07) is 13.8. The van der Waals surface area contributed by atoms with Crippen molar-refractivity contribution in [2.75, 3.05) is 58.0 Å². The summed E-state index contributed by atoms with van der Waals surface area (Å²) in [6.07, 6.45) is 5.82. The lowest BCUT2D eigenvalue weighted by Gasteiger charge is -2.33. The number of hydrogen-bond donors (Lipinski definition) is 3. The second kappa shape index (κ2) is 18.2. The monoisotopic (exact) mass is 706 g/mol. The third kappa shape index (κ3) is 10.9. The van der Waals surface area contributed by atoms with Crippen LogP contribution in [0.3, 0.4) is 0 Å². The molecule has 0 radical (unpaired) electrons. The van der Waals surface area contributed by atoms with Gasteiger partial charge in [-0.2, -0.15) is 0 Å². The van der Waals surface area contributed by atoms with Gasteiger partial charge in [0.25, 0.3) is 0 Å². The molecule has 11 heteroatoms. The molecule has 1 aliphatic heterocycles. The highest BCUT2D eigenvalue weighted by atomic mass is 19.1. The first-order chi connectivity index (χ1) is 24.5. The molecule has 1 aromatic heterocycles. The average Bonchev–Trinajstić information content (AvgIpc) is 3.56. The number of β-amino-alcohol motifs (C(OH)–C–C–N with tert-alkyl or cyclic N) is 1. The Morgan fingerprint density at radius 3 is 2.35 bits per heavy atom. The normalized spacial score (nSPS) is 20.7. The maximum absolute atomic E-state index is 14.0. The van der Waals surface area contributed by atoms with Crippen molar-refractivity contribution in [3.05, 3.63) is 66.1 Å². The zero-order valence-corrected chi connectivity index (χ0v) is 30.5. The molecule has 10 nitrogen and oxygen atoms in total. The lowest BCUT2D eigenvalue weighted by atomic mass is 9.73. The van der Waals surface area contributed by atoms with Gasteiger partial charge in [0, 0.05) is 42.8 Å². The highest BCUT2D eigenvalue weighted by molar-refractivity contribution is 5.92. The topological polar surface area (TPSA) is 122 Å². The van der Waals surface area contributed by atoms with Gasteiger partial charge >= 0.3 is 0 Å². The van der Waals surface area contributed by atoms with E-state index in [4.69, 9.17) is 14.2 Å². The predicted octanol–water partition coefficient (Wildman–Crippen LogP) is 5.93. The van der Waals surface area contributed by atoms with E-state index in [-0.39, 0.29) is 35.0 Å². The third-order valence-corrected chi connectivity index (χ3v) is 10.2. The van der Waals surface area contributed by atoms with Crippen LogP contribution in [0.15, 0.2) is 54.7 Å². The second-order valence-corrected chi connectivity index (χ2v) is 15.0.